The summed E-state index contributed by atoms with van der Waals surface area (Å²) in [7, 11) is 1.81. The van der Waals surface area contributed by atoms with E-state index < -0.39 is 6.10 Å². The Bertz CT molecular complexity index is 902. The first kappa shape index (κ1) is 13.9. The van der Waals surface area contributed by atoms with Gasteiger partial charge in [0, 0.05) is 19.0 Å². The number of benzene rings is 2. The number of nitrogens with zero attached hydrogens (tertiary/aromatic N) is 3. The Morgan fingerprint density at radius 2 is 2.13 bits per heavy atom. The Kier molecular flexibility index (Phi) is 3.12. The standard InChI is InChI=1S/C17H16N4O2/c1-21-14-7-6-11(8-13(14)19-20-21)17(23)18-16-12-5-3-2-4-10(12)9-15(16)22/h2-8,15-16,22H,9H2,1H3,(H,18,23)/t15-,16+/m1/s1. The molecule has 1 aliphatic carbocycles. The predicted molar refractivity (Wildman–Crippen MR) is 84.9 cm³/mol. The van der Waals surface area contributed by atoms with Crippen molar-refractivity contribution in [2.75, 3.05) is 0 Å². The van der Waals surface area contributed by atoms with Crippen LogP contribution in [0, 0.1) is 0 Å². The Labute approximate surface area is 132 Å². The number of aryl methyl sites for hydroxylation is 1. The molecule has 2 atom stereocenters. The van der Waals surface area contributed by atoms with E-state index in [1.807, 2.05) is 30.3 Å². The van der Waals surface area contributed by atoms with Crippen molar-refractivity contribution < 1.29 is 9.90 Å². The molecule has 1 amide bonds. The fourth-order valence-electron chi connectivity index (χ4n) is 3.15. The van der Waals surface area contributed by atoms with Gasteiger partial charge in [0.2, 0.25) is 0 Å². The molecule has 1 aliphatic rings. The van der Waals surface area contributed by atoms with Gasteiger partial charge < -0.3 is 10.4 Å². The minimum absolute atomic E-state index is 0.224. The van der Waals surface area contributed by atoms with Gasteiger partial charge in [-0.05, 0) is 29.3 Å². The van der Waals surface area contributed by atoms with E-state index in [9.17, 15) is 9.90 Å². The highest BCUT2D eigenvalue weighted by Gasteiger charge is 2.32. The molecule has 4 rings (SSSR count). The first-order valence-corrected chi connectivity index (χ1v) is 7.49. The second-order valence-electron chi connectivity index (χ2n) is 5.84. The van der Waals surface area contributed by atoms with Crippen molar-refractivity contribution in [3.8, 4) is 0 Å². The van der Waals surface area contributed by atoms with Gasteiger partial charge in [0.1, 0.15) is 5.52 Å². The summed E-state index contributed by atoms with van der Waals surface area (Å²) < 4.78 is 1.66. The molecule has 2 aromatic carbocycles. The number of aromatic nitrogens is 3. The highest BCUT2D eigenvalue weighted by atomic mass is 16.3. The monoisotopic (exact) mass is 308 g/mol. The van der Waals surface area contributed by atoms with Gasteiger partial charge in [0.05, 0.1) is 17.7 Å². The summed E-state index contributed by atoms with van der Waals surface area (Å²) in [5.41, 5.74) is 4.11. The van der Waals surface area contributed by atoms with Crippen molar-refractivity contribution in [3.05, 3.63) is 59.2 Å². The van der Waals surface area contributed by atoms with Crippen molar-refractivity contribution in [1.29, 1.82) is 0 Å². The van der Waals surface area contributed by atoms with Crippen LogP contribution in [0.25, 0.3) is 11.0 Å². The van der Waals surface area contributed by atoms with Gasteiger partial charge in [-0.25, -0.2) is 4.68 Å². The minimum atomic E-state index is -0.600. The SMILES string of the molecule is Cn1nnc2cc(C(=O)N[C@H]3c4ccccc4C[C@H]3O)ccc21. The molecule has 3 aromatic rings. The second kappa shape index (κ2) is 5.17. The summed E-state index contributed by atoms with van der Waals surface area (Å²) in [5, 5.41) is 21.1. The van der Waals surface area contributed by atoms with Gasteiger partial charge in [-0.3, -0.25) is 4.79 Å². The number of aliphatic hydroxyl groups is 1. The number of carbonyl (C=O) groups excluding carboxylic acids is 1. The molecule has 6 heteroatoms. The van der Waals surface area contributed by atoms with Crippen LogP contribution in [0.1, 0.15) is 27.5 Å². The van der Waals surface area contributed by atoms with E-state index in [-0.39, 0.29) is 11.9 Å². The third-order valence-corrected chi connectivity index (χ3v) is 4.36. The Morgan fingerprint density at radius 3 is 3.00 bits per heavy atom. The molecule has 116 valence electrons. The number of aliphatic hydroxyl groups excluding tert-OH is 1. The van der Waals surface area contributed by atoms with Gasteiger partial charge in [0.15, 0.2) is 0 Å². The van der Waals surface area contributed by atoms with Crippen LogP contribution in [0.3, 0.4) is 0 Å². The number of nitrogens with one attached hydrogen (secondary N) is 1. The van der Waals surface area contributed by atoms with Gasteiger partial charge >= 0.3 is 0 Å². The van der Waals surface area contributed by atoms with Gasteiger partial charge in [-0.1, -0.05) is 29.5 Å². The molecule has 1 aromatic heterocycles. The average molecular weight is 308 g/mol. The van der Waals surface area contributed by atoms with Gasteiger partial charge in [-0.15, -0.1) is 5.10 Å². The molecule has 0 aliphatic heterocycles. The number of amides is 1. The van der Waals surface area contributed by atoms with Gasteiger partial charge in [0.25, 0.3) is 5.91 Å². The summed E-state index contributed by atoms with van der Waals surface area (Å²) in [6.07, 6.45) is -0.0405. The normalized spacial score (nSPS) is 19.7. The maximum absolute atomic E-state index is 12.5. The van der Waals surface area contributed by atoms with Crippen LogP contribution in [-0.4, -0.2) is 32.1 Å². The van der Waals surface area contributed by atoms with E-state index in [1.165, 1.54) is 0 Å². The lowest BCUT2D eigenvalue weighted by Crippen LogP contribution is -2.33. The first-order chi connectivity index (χ1) is 11.1. The van der Waals surface area contributed by atoms with Crippen LogP contribution < -0.4 is 5.32 Å². The quantitative estimate of drug-likeness (QED) is 0.749. The van der Waals surface area contributed by atoms with E-state index in [2.05, 4.69) is 15.6 Å². The highest BCUT2D eigenvalue weighted by molar-refractivity contribution is 5.97. The number of hydrogen-bond donors (Lipinski definition) is 2. The number of fused-ring (bicyclic) bond motifs is 2. The molecule has 0 saturated heterocycles. The minimum Gasteiger partial charge on any atom is -0.390 e. The van der Waals surface area contributed by atoms with Crippen LogP contribution in [0.4, 0.5) is 0 Å². The van der Waals surface area contributed by atoms with Crippen molar-refractivity contribution in [1.82, 2.24) is 20.3 Å². The summed E-state index contributed by atoms with van der Waals surface area (Å²) in [5.74, 6) is -0.224. The fraction of sp³-hybridized carbons (Fsp3) is 0.235. The summed E-state index contributed by atoms with van der Waals surface area (Å²) in [6, 6.07) is 12.7. The van der Waals surface area contributed by atoms with E-state index >= 15 is 0 Å². The molecular formula is C17H16N4O2. The molecule has 0 spiro atoms. The molecule has 23 heavy (non-hydrogen) atoms. The molecule has 6 nitrogen and oxygen atoms in total. The Morgan fingerprint density at radius 1 is 1.30 bits per heavy atom. The van der Waals surface area contributed by atoms with Crippen LogP contribution in [-0.2, 0) is 13.5 Å². The smallest absolute Gasteiger partial charge is 0.251 e. The Hall–Kier alpha value is -2.73. The van der Waals surface area contributed by atoms with Gasteiger partial charge in [-0.2, -0.15) is 0 Å². The van der Waals surface area contributed by atoms with E-state index in [1.54, 1.807) is 23.9 Å². The number of hydrogen-bond acceptors (Lipinski definition) is 4. The second-order valence-corrected chi connectivity index (χ2v) is 5.84. The third-order valence-electron chi connectivity index (χ3n) is 4.36. The van der Waals surface area contributed by atoms with Crippen molar-refractivity contribution in [2.45, 2.75) is 18.6 Å². The van der Waals surface area contributed by atoms with Crippen LogP contribution >= 0.6 is 0 Å². The summed E-state index contributed by atoms with van der Waals surface area (Å²) >= 11 is 0. The molecule has 0 bridgehead atoms. The van der Waals surface area contributed by atoms with Crippen molar-refractivity contribution in [3.63, 3.8) is 0 Å². The maximum atomic E-state index is 12.5. The average Bonchev–Trinajstić information content (AvgIpc) is 3.08. The number of carbonyl (C=O) groups is 1. The van der Waals surface area contributed by atoms with Crippen LogP contribution in [0.5, 0.6) is 0 Å². The molecule has 0 radical (unpaired) electrons. The zero-order valence-corrected chi connectivity index (χ0v) is 12.6. The summed E-state index contributed by atoms with van der Waals surface area (Å²) in [6.45, 7) is 0. The van der Waals surface area contributed by atoms with Crippen LogP contribution in [0.2, 0.25) is 0 Å². The first-order valence-electron chi connectivity index (χ1n) is 7.49. The highest BCUT2D eigenvalue weighted by Crippen LogP contribution is 2.31. The molecular weight excluding hydrogens is 292 g/mol. The van der Waals surface area contributed by atoms with E-state index in [4.69, 9.17) is 0 Å². The summed E-state index contributed by atoms with van der Waals surface area (Å²) in [4.78, 5) is 12.5. The maximum Gasteiger partial charge on any atom is 0.251 e. The lowest BCUT2D eigenvalue weighted by atomic mass is 10.1. The van der Waals surface area contributed by atoms with E-state index in [0.717, 1.165) is 16.6 Å². The van der Waals surface area contributed by atoms with Crippen molar-refractivity contribution in [2.24, 2.45) is 7.05 Å². The Balaban J connectivity index is 1.62. The topological polar surface area (TPSA) is 80.0 Å². The largest absolute Gasteiger partial charge is 0.390 e. The third kappa shape index (κ3) is 2.27. The molecule has 2 N–H and O–H groups in total. The predicted octanol–water partition coefficient (Wildman–Crippen LogP) is 1.36. The molecule has 0 saturated carbocycles. The lowest BCUT2D eigenvalue weighted by molar-refractivity contribution is 0.0858. The van der Waals surface area contributed by atoms with Crippen molar-refractivity contribution >= 4 is 16.9 Å². The molecule has 1 heterocycles. The zero-order chi connectivity index (χ0) is 16.0. The van der Waals surface area contributed by atoms with Crippen LogP contribution in [0.15, 0.2) is 42.5 Å². The molecule has 0 unspecified atom stereocenters. The fourth-order valence-corrected chi connectivity index (χ4v) is 3.15. The zero-order valence-electron chi connectivity index (χ0n) is 12.6. The number of rotatable bonds is 2. The lowest BCUT2D eigenvalue weighted by Gasteiger charge is -2.18. The molecule has 0 fully saturated rings. The van der Waals surface area contributed by atoms with E-state index in [0.29, 0.717) is 17.5 Å².